The summed E-state index contributed by atoms with van der Waals surface area (Å²) < 4.78 is 29.5. The minimum Gasteiger partial charge on any atom is -0.467 e. The van der Waals surface area contributed by atoms with Crippen LogP contribution in [0.5, 0.6) is 0 Å². The molecule has 7 heteroatoms. The highest BCUT2D eigenvalue weighted by Gasteiger charge is 2.23. The summed E-state index contributed by atoms with van der Waals surface area (Å²) in [5.41, 5.74) is 0. The molecule has 1 amide bonds. The van der Waals surface area contributed by atoms with E-state index in [1.54, 1.807) is 0 Å². The van der Waals surface area contributed by atoms with Gasteiger partial charge in [0.2, 0.25) is 5.91 Å². The zero-order chi connectivity index (χ0) is 14.4. The zero-order valence-electron chi connectivity index (χ0n) is 10.5. The fourth-order valence-corrected chi connectivity index (χ4v) is 2.60. The fraction of sp³-hybridized carbons (Fsp3) is 0.333. The van der Waals surface area contributed by atoms with Crippen LogP contribution in [0.2, 0.25) is 0 Å². The molecule has 0 heterocycles. The minimum absolute atomic E-state index is 0.171. The third-order valence-corrected chi connectivity index (χ3v) is 3.66. The molecule has 104 valence electrons. The Hall–Kier alpha value is -1.76. The lowest BCUT2D eigenvalue weighted by atomic mass is 10.3. The van der Waals surface area contributed by atoms with E-state index in [-0.39, 0.29) is 10.6 Å². The van der Waals surface area contributed by atoms with Crippen LogP contribution in [-0.2, 0) is 25.1 Å². The maximum Gasteiger partial charge on any atom is 0.329 e. The summed E-state index contributed by atoms with van der Waals surface area (Å²) in [7, 11) is -0.449. The molecule has 0 aliphatic carbocycles. The monoisotopic (exact) mass is 287 g/mol. The molecule has 1 N–H and O–H groups in total. The summed E-state index contributed by atoms with van der Waals surface area (Å²) in [5, 5.41) is 2.35. The first-order valence-electron chi connectivity index (χ1n) is 5.43. The van der Waals surface area contributed by atoms with Gasteiger partial charge in [-0.2, -0.15) is 0 Å². The van der Waals surface area contributed by atoms with Gasteiger partial charge in [0.15, 0.2) is 0 Å². The van der Waals surface area contributed by atoms with Crippen LogP contribution in [-0.4, -0.2) is 35.0 Å². The number of esters is 1. The van der Waals surface area contributed by atoms with Crippen molar-refractivity contribution in [2.45, 2.75) is 17.9 Å². The molecule has 0 radical (unpaired) electrons. The highest BCUT2D eigenvalue weighted by atomic mass is 32.2. The molecular weight excluding hydrogens is 273 g/mol. The number of halogens is 1. The number of hydrogen-bond acceptors (Lipinski definition) is 4. The lowest BCUT2D eigenvalue weighted by Crippen LogP contribution is -2.44. The van der Waals surface area contributed by atoms with Gasteiger partial charge in [-0.05, 0) is 18.2 Å². The van der Waals surface area contributed by atoms with E-state index in [9.17, 15) is 18.2 Å². The summed E-state index contributed by atoms with van der Waals surface area (Å²) in [6.45, 7) is 1.24. The van der Waals surface area contributed by atoms with Gasteiger partial charge in [-0.1, -0.05) is 6.07 Å². The quantitative estimate of drug-likeness (QED) is 0.805. The van der Waals surface area contributed by atoms with Gasteiger partial charge in [0.05, 0.1) is 23.7 Å². The number of carbonyl (C=O) groups is 2. The Kier molecular flexibility index (Phi) is 5.62. The first-order chi connectivity index (χ1) is 8.93. The smallest absolute Gasteiger partial charge is 0.329 e. The van der Waals surface area contributed by atoms with Crippen molar-refractivity contribution >= 4 is 22.7 Å². The third-order valence-electron chi connectivity index (χ3n) is 2.24. The van der Waals surface area contributed by atoms with E-state index >= 15 is 0 Å². The average molecular weight is 287 g/mol. The van der Waals surface area contributed by atoms with Crippen LogP contribution in [0.25, 0.3) is 0 Å². The molecule has 0 spiro atoms. The molecule has 19 heavy (non-hydrogen) atoms. The molecule has 0 bridgehead atoms. The molecular formula is C12H14FNO4S. The van der Waals surface area contributed by atoms with E-state index in [1.807, 2.05) is 0 Å². The first-order valence-corrected chi connectivity index (χ1v) is 6.74. The summed E-state index contributed by atoms with van der Waals surface area (Å²) in [6, 6.07) is 4.24. The Balaban J connectivity index is 2.81. The SMILES string of the molecule is COC(=O)C(CS(=O)c1cccc(F)c1)NC(C)=O. The van der Waals surface area contributed by atoms with Crippen LogP contribution in [0.1, 0.15) is 6.92 Å². The second kappa shape index (κ2) is 6.98. The lowest BCUT2D eigenvalue weighted by molar-refractivity contribution is -0.144. The largest absolute Gasteiger partial charge is 0.467 e. The van der Waals surface area contributed by atoms with E-state index in [4.69, 9.17) is 0 Å². The zero-order valence-corrected chi connectivity index (χ0v) is 11.3. The van der Waals surface area contributed by atoms with Crippen molar-refractivity contribution < 1.29 is 22.9 Å². The van der Waals surface area contributed by atoms with Gasteiger partial charge >= 0.3 is 5.97 Å². The average Bonchev–Trinajstić information content (AvgIpc) is 2.36. The Morgan fingerprint density at radius 3 is 2.68 bits per heavy atom. The predicted octanol–water partition coefficient (Wildman–Crippen LogP) is 0.611. The number of nitrogens with one attached hydrogen (secondary N) is 1. The molecule has 0 fully saturated rings. The van der Waals surface area contributed by atoms with Gasteiger partial charge in [-0.3, -0.25) is 9.00 Å². The molecule has 2 atom stereocenters. The number of carbonyl (C=O) groups excluding carboxylic acids is 2. The highest BCUT2D eigenvalue weighted by molar-refractivity contribution is 7.85. The van der Waals surface area contributed by atoms with E-state index in [0.29, 0.717) is 0 Å². The van der Waals surface area contributed by atoms with Crippen molar-refractivity contribution in [1.29, 1.82) is 0 Å². The van der Waals surface area contributed by atoms with Crippen molar-refractivity contribution in [2.75, 3.05) is 12.9 Å². The Morgan fingerprint density at radius 1 is 1.47 bits per heavy atom. The lowest BCUT2D eigenvalue weighted by Gasteiger charge is -2.14. The van der Waals surface area contributed by atoms with Gasteiger partial charge < -0.3 is 10.1 Å². The molecule has 0 aliphatic heterocycles. The van der Waals surface area contributed by atoms with E-state index in [0.717, 1.165) is 6.07 Å². The fourth-order valence-electron chi connectivity index (χ4n) is 1.41. The van der Waals surface area contributed by atoms with E-state index < -0.39 is 34.5 Å². The second-order valence-corrected chi connectivity index (χ2v) is 5.24. The van der Waals surface area contributed by atoms with Crippen LogP contribution in [0.4, 0.5) is 4.39 Å². The summed E-state index contributed by atoms with van der Waals surface area (Å²) in [5.74, 6) is -1.82. The van der Waals surface area contributed by atoms with Crippen molar-refractivity contribution in [3.63, 3.8) is 0 Å². The third kappa shape index (κ3) is 4.78. The standard InChI is InChI=1S/C12H14FNO4S/c1-8(15)14-11(12(16)18-2)7-19(17)10-5-3-4-9(13)6-10/h3-6,11H,7H2,1-2H3,(H,14,15). The molecule has 2 unspecified atom stereocenters. The van der Waals surface area contributed by atoms with Crippen molar-refractivity contribution in [3.05, 3.63) is 30.1 Å². The topological polar surface area (TPSA) is 72.5 Å². The maximum absolute atomic E-state index is 13.0. The molecule has 0 aliphatic rings. The Labute approximate surface area is 112 Å². The second-order valence-electron chi connectivity index (χ2n) is 3.75. The summed E-state index contributed by atoms with van der Waals surface area (Å²) in [4.78, 5) is 22.7. The van der Waals surface area contributed by atoms with Crippen molar-refractivity contribution in [1.82, 2.24) is 5.32 Å². The molecule has 0 saturated heterocycles. The Bertz CT molecular complexity index is 506. The van der Waals surface area contributed by atoms with Crippen LogP contribution in [0.3, 0.4) is 0 Å². The maximum atomic E-state index is 13.0. The number of amides is 1. The molecule has 1 aromatic carbocycles. The number of methoxy groups -OCH3 is 1. The molecule has 5 nitrogen and oxygen atoms in total. The highest BCUT2D eigenvalue weighted by Crippen LogP contribution is 2.10. The minimum atomic E-state index is -1.62. The van der Waals surface area contributed by atoms with Gasteiger partial charge in [-0.25, -0.2) is 9.18 Å². The van der Waals surface area contributed by atoms with E-state index in [2.05, 4.69) is 10.1 Å². The first kappa shape index (κ1) is 15.3. The number of benzene rings is 1. The normalized spacial score (nSPS) is 13.4. The van der Waals surface area contributed by atoms with E-state index in [1.165, 1.54) is 32.2 Å². The number of rotatable bonds is 5. The van der Waals surface area contributed by atoms with Crippen molar-refractivity contribution in [3.8, 4) is 0 Å². The number of ether oxygens (including phenoxy) is 1. The Morgan fingerprint density at radius 2 is 2.16 bits per heavy atom. The van der Waals surface area contributed by atoms with Gasteiger partial charge in [0.25, 0.3) is 0 Å². The van der Waals surface area contributed by atoms with Gasteiger partial charge in [-0.15, -0.1) is 0 Å². The van der Waals surface area contributed by atoms with Crippen LogP contribution in [0.15, 0.2) is 29.2 Å². The van der Waals surface area contributed by atoms with Crippen LogP contribution < -0.4 is 5.32 Å². The van der Waals surface area contributed by atoms with Gasteiger partial charge in [0, 0.05) is 11.8 Å². The van der Waals surface area contributed by atoms with Crippen LogP contribution >= 0.6 is 0 Å². The van der Waals surface area contributed by atoms with Gasteiger partial charge in [0.1, 0.15) is 11.9 Å². The molecule has 0 saturated carbocycles. The molecule has 1 aromatic rings. The molecule has 1 rings (SSSR count). The molecule has 0 aromatic heterocycles. The predicted molar refractivity (Wildman–Crippen MR) is 67.3 cm³/mol. The van der Waals surface area contributed by atoms with Crippen molar-refractivity contribution in [2.24, 2.45) is 0 Å². The van der Waals surface area contributed by atoms with Crippen LogP contribution in [0, 0.1) is 5.82 Å². The number of hydrogen-bond donors (Lipinski definition) is 1. The summed E-state index contributed by atoms with van der Waals surface area (Å²) in [6.07, 6.45) is 0. The summed E-state index contributed by atoms with van der Waals surface area (Å²) >= 11 is 0.